The molecule has 26 heteroatoms. The summed E-state index contributed by atoms with van der Waals surface area (Å²) < 4.78 is 0. The number of imide groups is 1. The average molecular weight is 1120 g/mol. The number of carbonyl (C=O) groups is 10. The molecule has 1 aliphatic rings. The number of hydrogen-bond acceptors (Lipinski definition) is 17. The molecule has 79 heavy (non-hydrogen) atoms. The van der Waals surface area contributed by atoms with E-state index >= 15 is 9.59 Å². The highest BCUT2D eigenvalue weighted by Crippen LogP contribution is 2.17. The van der Waals surface area contributed by atoms with Crippen molar-refractivity contribution in [2.45, 2.75) is 198 Å². The molecule has 2 rings (SSSR count). The van der Waals surface area contributed by atoms with Gasteiger partial charge in [-0.1, -0.05) is 89.6 Å². The SMILES string of the molecule is CCCCCCCCCC(=O)N[C@H](C(=O)N[C@@H](CCN)C(=O)N1C(=O)[C@H]([C@@H](C)O)NC(=O)[C@H](CCN)NC(=O)[C@H](CCN)NC(=O)[C@H](CC(C)C)NC(=O)[C@@H](Cc2ccccc2)NC(=O)[C@H](CCN)NC(=O)[C@@H]1CCN)[C@@H](C)O. The predicted molar refractivity (Wildman–Crippen MR) is 295 cm³/mol. The van der Waals surface area contributed by atoms with Crippen LogP contribution >= 0.6 is 0 Å². The van der Waals surface area contributed by atoms with Crippen molar-refractivity contribution in [2.75, 3.05) is 32.7 Å². The van der Waals surface area contributed by atoms with Gasteiger partial charge in [-0.15, -0.1) is 0 Å². The second kappa shape index (κ2) is 36.9. The molecule has 1 saturated heterocycles. The van der Waals surface area contributed by atoms with Gasteiger partial charge in [0.1, 0.15) is 54.4 Å². The Morgan fingerprint density at radius 2 is 1.05 bits per heavy atom. The van der Waals surface area contributed by atoms with Gasteiger partial charge in [0.15, 0.2) is 0 Å². The van der Waals surface area contributed by atoms with Gasteiger partial charge in [-0.25, -0.2) is 0 Å². The molecule has 0 radical (unpaired) electrons. The summed E-state index contributed by atoms with van der Waals surface area (Å²) in [7, 11) is 0. The van der Waals surface area contributed by atoms with E-state index in [0.29, 0.717) is 16.9 Å². The Kier molecular flexibility index (Phi) is 32.2. The maximum absolute atomic E-state index is 15.2. The van der Waals surface area contributed by atoms with Crippen LogP contribution in [-0.4, -0.2) is 173 Å². The number of nitrogens with one attached hydrogen (secondary N) is 8. The minimum absolute atomic E-state index is 0.0313. The van der Waals surface area contributed by atoms with E-state index in [1.165, 1.54) is 6.92 Å². The predicted octanol–water partition coefficient (Wildman–Crippen LogP) is -3.46. The van der Waals surface area contributed by atoms with Crippen LogP contribution in [0.5, 0.6) is 0 Å². The van der Waals surface area contributed by atoms with E-state index in [1.54, 1.807) is 44.2 Å². The lowest BCUT2D eigenvalue weighted by molar-refractivity contribution is -0.158. The first-order chi connectivity index (χ1) is 37.6. The molecule has 0 bridgehead atoms. The Morgan fingerprint density at radius 3 is 1.54 bits per heavy atom. The third-order valence-electron chi connectivity index (χ3n) is 13.3. The largest absolute Gasteiger partial charge is 0.391 e. The molecule has 26 nitrogen and oxygen atoms in total. The van der Waals surface area contributed by atoms with Crippen LogP contribution in [0.2, 0.25) is 0 Å². The van der Waals surface area contributed by atoms with E-state index in [9.17, 15) is 48.6 Å². The van der Waals surface area contributed by atoms with Crippen LogP contribution in [0.4, 0.5) is 0 Å². The molecule has 0 unspecified atom stereocenters. The highest BCUT2D eigenvalue weighted by atomic mass is 16.3. The highest BCUT2D eigenvalue weighted by molar-refractivity contribution is 6.07. The molecule has 20 N–H and O–H groups in total. The van der Waals surface area contributed by atoms with Crippen molar-refractivity contribution in [3.8, 4) is 0 Å². The second-order valence-electron chi connectivity index (χ2n) is 20.5. The van der Waals surface area contributed by atoms with Crippen LogP contribution in [0.1, 0.15) is 130 Å². The maximum atomic E-state index is 15.2. The summed E-state index contributed by atoms with van der Waals surface area (Å²) in [5.41, 5.74) is 30.4. The summed E-state index contributed by atoms with van der Waals surface area (Å²) in [5, 5.41) is 42.4. The average Bonchev–Trinajstić information content (AvgIpc) is 3.40. The minimum Gasteiger partial charge on any atom is -0.391 e. The van der Waals surface area contributed by atoms with Gasteiger partial charge >= 0.3 is 0 Å². The number of rotatable bonds is 28. The van der Waals surface area contributed by atoms with Crippen molar-refractivity contribution in [2.24, 2.45) is 34.6 Å². The topological polar surface area (TPSA) is 441 Å². The van der Waals surface area contributed by atoms with Gasteiger partial charge in [0.25, 0.3) is 11.8 Å². The van der Waals surface area contributed by atoms with Crippen LogP contribution in [-0.2, 0) is 54.4 Å². The fourth-order valence-electron chi connectivity index (χ4n) is 8.92. The van der Waals surface area contributed by atoms with E-state index in [1.807, 2.05) is 0 Å². The Labute approximate surface area is 464 Å². The van der Waals surface area contributed by atoms with Crippen molar-refractivity contribution in [1.29, 1.82) is 0 Å². The third-order valence-corrected chi connectivity index (χ3v) is 13.3. The fourth-order valence-corrected chi connectivity index (χ4v) is 8.92. The fraction of sp³-hybridized carbons (Fsp3) is 0.698. The lowest BCUT2D eigenvalue weighted by Crippen LogP contribution is -2.66. The van der Waals surface area contributed by atoms with Gasteiger partial charge in [-0.2, -0.15) is 0 Å². The summed E-state index contributed by atoms with van der Waals surface area (Å²) >= 11 is 0. The molecular weight excluding hydrogens is 1020 g/mol. The lowest BCUT2D eigenvalue weighted by Gasteiger charge is -2.36. The Hall–Kier alpha value is -6.16. The summed E-state index contributed by atoms with van der Waals surface area (Å²) in [6.45, 7) is 6.70. The molecule has 0 aliphatic carbocycles. The van der Waals surface area contributed by atoms with Crippen LogP contribution in [0.15, 0.2) is 30.3 Å². The van der Waals surface area contributed by atoms with Crippen molar-refractivity contribution in [1.82, 2.24) is 47.4 Å². The monoisotopic (exact) mass is 1120 g/mol. The molecule has 0 saturated carbocycles. The van der Waals surface area contributed by atoms with E-state index in [-0.39, 0.29) is 70.6 Å². The van der Waals surface area contributed by atoms with Gasteiger partial charge in [0.2, 0.25) is 47.3 Å². The number of carbonyl (C=O) groups excluding carboxylic acids is 10. The van der Waals surface area contributed by atoms with Crippen molar-refractivity contribution >= 4 is 59.1 Å². The smallest absolute Gasteiger partial charge is 0.255 e. The number of nitrogens with zero attached hydrogens (tertiary/aromatic N) is 1. The van der Waals surface area contributed by atoms with Crippen LogP contribution in [0, 0.1) is 5.92 Å². The zero-order valence-electron chi connectivity index (χ0n) is 46.8. The van der Waals surface area contributed by atoms with Crippen LogP contribution in [0.25, 0.3) is 0 Å². The van der Waals surface area contributed by atoms with E-state index < -0.39 is 145 Å². The molecule has 0 spiro atoms. The Balaban J connectivity index is 2.89. The number of amides is 10. The van der Waals surface area contributed by atoms with Crippen molar-refractivity contribution in [3.05, 3.63) is 35.9 Å². The molecule has 1 fully saturated rings. The van der Waals surface area contributed by atoms with E-state index in [0.717, 1.165) is 45.4 Å². The first-order valence-electron chi connectivity index (χ1n) is 27.8. The zero-order chi connectivity index (χ0) is 59.2. The van der Waals surface area contributed by atoms with Gasteiger partial charge in [0, 0.05) is 12.8 Å². The van der Waals surface area contributed by atoms with Crippen molar-refractivity contribution < 1.29 is 58.2 Å². The van der Waals surface area contributed by atoms with Crippen LogP contribution < -0.4 is 71.2 Å². The summed E-state index contributed by atoms with van der Waals surface area (Å²) in [4.78, 5) is 144. The van der Waals surface area contributed by atoms with Crippen molar-refractivity contribution in [3.63, 3.8) is 0 Å². The minimum atomic E-state index is -2.10. The van der Waals surface area contributed by atoms with Gasteiger partial charge in [-0.3, -0.25) is 52.8 Å². The molecule has 1 aromatic rings. The summed E-state index contributed by atoms with van der Waals surface area (Å²) in [6.07, 6.45) is 1.37. The maximum Gasteiger partial charge on any atom is 0.255 e. The number of unbranched alkanes of at least 4 members (excludes halogenated alkanes) is 6. The molecule has 1 heterocycles. The second-order valence-corrected chi connectivity index (χ2v) is 20.5. The number of aliphatic hydroxyl groups is 2. The molecule has 1 aliphatic heterocycles. The quantitative estimate of drug-likeness (QED) is 0.0363. The Morgan fingerprint density at radius 1 is 0.582 bits per heavy atom. The number of nitrogens with two attached hydrogens (primary N) is 5. The molecule has 1 aromatic carbocycles. The van der Waals surface area contributed by atoms with Crippen LogP contribution in [0.3, 0.4) is 0 Å². The molecule has 10 amide bonds. The summed E-state index contributed by atoms with van der Waals surface area (Å²) in [6, 6.07) is -6.19. The standard InChI is InChI=1S/C53H92N14O12/c1-6-7-8-9-10-11-15-18-42(70)65-43(32(4)68)51(77)62-38(22-27-57)52(78)67-41(23-28-58)50(76)61-36(20-25-55)46(72)64-40(30-34-16-13-12-14-17-34)49(75)63-39(29-31(2)3)48(74)60-35(19-24-54)45(71)59-37(21-26-56)47(73)66-44(33(5)69)53(67)79/h12-14,16-17,31-33,35-41,43-44,68-69H,6-11,15,18-30,54-58H2,1-5H3,(H,59,71)(H,60,74)(H,61,76)(H,62,77)(H,63,75)(H,64,72)(H,65,70)(H,66,73)/t32-,33-,35+,36+,37+,38+,39+,40-,41+,43+,44+/m1/s1. The normalized spacial score (nSPS) is 22.9. The first-order valence-corrected chi connectivity index (χ1v) is 27.8. The lowest BCUT2D eigenvalue weighted by atomic mass is 10.00. The molecular formula is C53H92N14O12. The summed E-state index contributed by atoms with van der Waals surface area (Å²) in [5.74, 6) is -10.4. The molecule has 0 aromatic heterocycles. The first kappa shape index (κ1) is 68.9. The van der Waals surface area contributed by atoms with Gasteiger partial charge in [0.05, 0.1) is 12.2 Å². The highest BCUT2D eigenvalue weighted by Gasteiger charge is 2.45. The number of hydrogen-bond donors (Lipinski definition) is 15. The number of aliphatic hydroxyl groups excluding tert-OH is 2. The third kappa shape index (κ3) is 23.6. The van der Waals surface area contributed by atoms with E-state index in [2.05, 4.69) is 49.5 Å². The zero-order valence-corrected chi connectivity index (χ0v) is 46.8. The van der Waals surface area contributed by atoms with Gasteiger partial charge in [-0.05, 0) is 103 Å². The van der Waals surface area contributed by atoms with Gasteiger partial charge < -0.3 is 81.4 Å². The Bertz CT molecular complexity index is 2120. The molecule has 11 atom stereocenters. The number of benzene rings is 1. The van der Waals surface area contributed by atoms with E-state index in [4.69, 9.17) is 28.7 Å². The molecule has 446 valence electrons.